The smallest absolute Gasteiger partial charge is 0.272 e. The summed E-state index contributed by atoms with van der Waals surface area (Å²) in [7, 11) is -3.97. The lowest BCUT2D eigenvalue weighted by Crippen LogP contribution is -2.43. The summed E-state index contributed by atoms with van der Waals surface area (Å²) in [5.41, 5.74) is 4.02. The van der Waals surface area contributed by atoms with Gasteiger partial charge in [0.1, 0.15) is 5.75 Å². The van der Waals surface area contributed by atoms with E-state index < -0.39 is 15.9 Å². The molecule has 0 saturated heterocycles. The summed E-state index contributed by atoms with van der Waals surface area (Å²) in [6.45, 7) is 4.40. The fourth-order valence-corrected chi connectivity index (χ4v) is 3.41. The van der Waals surface area contributed by atoms with Crippen molar-refractivity contribution in [2.45, 2.75) is 25.2 Å². The summed E-state index contributed by atoms with van der Waals surface area (Å²) in [6, 6.07) is 9.91. The molecule has 2 aromatic rings. The molecule has 0 radical (unpaired) electrons. The molecular formula is C19H22N2O6S. The maximum absolute atomic E-state index is 12.4. The van der Waals surface area contributed by atoms with Crippen LogP contribution in [0.5, 0.6) is 17.2 Å². The zero-order valence-electron chi connectivity index (χ0n) is 15.7. The number of carbonyl (C=O) groups excluding carboxylic acids is 1. The van der Waals surface area contributed by atoms with Crippen molar-refractivity contribution in [3.8, 4) is 17.2 Å². The number of fused-ring (bicyclic) bond motifs is 1. The van der Waals surface area contributed by atoms with E-state index in [1.54, 1.807) is 0 Å². The van der Waals surface area contributed by atoms with Crippen molar-refractivity contribution < 1.29 is 27.4 Å². The van der Waals surface area contributed by atoms with Gasteiger partial charge in [0.05, 0.1) is 18.1 Å². The SMILES string of the molecule is Cc1ccc(C)c(OCC(=O)NNS(=O)(=O)c2ccc3c(c2)OCCCO3)c1. The van der Waals surface area contributed by atoms with Crippen molar-refractivity contribution in [2.24, 2.45) is 0 Å². The van der Waals surface area contributed by atoms with E-state index in [-0.39, 0.29) is 11.5 Å². The molecule has 28 heavy (non-hydrogen) atoms. The van der Waals surface area contributed by atoms with E-state index in [1.165, 1.54) is 18.2 Å². The minimum atomic E-state index is -3.97. The molecule has 0 aliphatic carbocycles. The maximum atomic E-state index is 12.4. The van der Waals surface area contributed by atoms with Gasteiger partial charge in [0, 0.05) is 12.5 Å². The molecule has 0 unspecified atom stereocenters. The first-order chi connectivity index (χ1) is 13.3. The largest absolute Gasteiger partial charge is 0.490 e. The fourth-order valence-electron chi connectivity index (χ4n) is 2.54. The Balaban J connectivity index is 1.59. The Bertz CT molecular complexity index is 974. The van der Waals surface area contributed by atoms with E-state index in [9.17, 15) is 13.2 Å². The van der Waals surface area contributed by atoms with Crippen LogP contribution in [-0.2, 0) is 14.8 Å². The van der Waals surface area contributed by atoms with Crippen molar-refractivity contribution >= 4 is 15.9 Å². The molecule has 0 atom stereocenters. The number of sulfonamides is 1. The second-order valence-corrected chi connectivity index (χ2v) is 8.05. The van der Waals surface area contributed by atoms with Crippen LogP contribution in [0.3, 0.4) is 0 Å². The molecule has 9 heteroatoms. The Morgan fingerprint density at radius 2 is 1.82 bits per heavy atom. The number of ether oxygens (including phenoxy) is 3. The summed E-state index contributed by atoms with van der Waals surface area (Å²) >= 11 is 0. The van der Waals surface area contributed by atoms with Gasteiger partial charge in [-0.05, 0) is 43.2 Å². The van der Waals surface area contributed by atoms with Crippen LogP contribution in [0.1, 0.15) is 17.5 Å². The predicted molar refractivity (Wildman–Crippen MR) is 102 cm³/mol. The predicted octanol–water partition coefficient (Wildman–Crippen LogP) is 1.85. The monoisotopic (exact) mass is 406 g/mol. The number of hydrazine groups is 1. The molecule has 1 aliphatic heterocycles. The molecule has 0 aromatic heterocycles. The number of rotatable bonds is 6. The highest BCUT2D eigenvalue weighted by atomic mass is 32.2. The first-order valence-electron chi connectivity index (χ1n) is 8.75. The number of carbonyl (C=O) groups is 1. The molecule has 150 valence electrons. The third-order valence-electron chi connectivity index (χ3n) is 4.06. The summed E-state index contributed by atoms with van der Waals surface area (Å²) < 4.78 is 41.3. The third-order valence-corrected chi connectivity index (χ3v) is 5.30. The van der Waals surface area contributed by atoms with Gasteiger partial charge in [0.2, 0.25) is 0 Å². The van der Waals surface area contributed by atoms with Crippen LogP contribution in [-0.4, -0.2) is 34.1 Å². The van der Waals surface area contributed by atoms with Gasteiger partial charge in [0.25, 0.3) is 15.9 Å². The lowest BCUT2D eigenvalue weighted by Gasteiger charge is -2.12. The Labute approximate surface area is 163 Å². The average Bonchev–Trinajstić information content (AvgIpc) is 2.92. The number of hydrogen-bond acceptors (Lipinski definition) is 6. The van der Waals surface area contributed by atoms with Gasteiger partial charge in [-0.15, -0.1) is 4.83 Å². The van der Waals surface area contributed by atoms with E-state index in [1.807, 2.05) is 32.0 Å². The lowest BCUT2D eigenvalue weighted by atomic mass is 10.1. The first-order valence-corrected chi connectivity index (χ1v) is 10.2. The number of hydrogen-bond donors (Lipinski definition) is 2. The van der Waals surface area contributed by atoms with E-state index in [0.717, 1.165) is 11.1 Å². The molecule has 1 aliphatic rings. The molecule has 0 spiro atoms. The second-order valence-electron chi connectivity index (χ2n) is 6.37. The molecule has 0 bridgehead atoms. The standard InChI is InChI=1S/C19H22N2O6S/c1-13-4-5-14(2)17(10-13)27-12-19(22)20-21-28(23,24)15-6-7-16-18(11-15)26-9-3-8-25-16/h4-7,10-11,21H,3,8-9,12H2,1-2H3,(H,20,22). The van der Waals surface area contributed by atoms with Gasteiger partial charge in [-0.2, -0.15) is 0 Å². The normalized spacial score (nSPS) is 13.5. The van der Waals surface area contributed by atoms with Crippen LogP contribution in [0.25, 0.3) is 0 Å². The lowest BCUT2D eigenvalue weighted by molar-refractivity contribution is -0.123. The van der Waals surface area contributed by atoms with E-state index in [4.69, 9.17) is 14.2 Å². The first kappa shape index (κ1) is 20.0. The zero-order valence-corrected chi connectivity index (χ0v) is 16.5. The molecule has 8 nitrogen and oxygen atoms in total. The highest BCUT2D eigenvalue weighted by molar-refractivity contribution is 7.89. The number of nitrogens with one attached hydrogen (secondary N) is 2. The quantitative estimate of drug-likeness (QED) is 0.710. The van der Waals surface area contributed by atoms with Crippen molar-refractivity contribution in [3.63, 3.8) is 0 Å². The van der Waals surface area contributed by atoms with Crippen LogP contribution >= 0.6 is 0 Å². The van der Waals surface area contributed by atoms with Crippen LogP contribution < -0.4 is 24.5 Å². The molecule has 0 saturated carbocycles. The number of amides is 1. The molecule has 2 N–H and O–H groups in total. The Morgan fingerprint density at radius 3 is 2.61 bits per heavy atom. The van der Waals surface area contributed by atoms with Crippen molar-refractivity contribution in [3.05, 3.63) is 47.5 Å². The summed E-state index contributed by atoms with van der Waals surface area (Å²) in [5.74, 6) is 0.784. The highest BCUT2D eigenvalue weighted by Gasteiger charge is 2.19. The van der Waals surface area contributed by atoms with Crippen LogP contribution in [0.15, 0.2) is 41.3 Å². The third kappa shape index (κ3) is 4.93. The topological polar surface area (TPSA) is 103 Å². The van der Waals surface area contributed by atoms with Crippen LogP contribution in [0.2, 0.25) is 0 Å². The van der Waals surface area contributed by atoms with Gasteiger partial charge >= 0.3 is 0 Å². The Morgan fingerprint density at radius 1 is 1.07 bits per heavy atom. The van der Waals surface area contributed by atoms with Crippen molar-refractivity contribution in [1.82, 2.24) is 10.3 Å². The second kappa shape index (κ2) is 8.49. The minimum Gasteiger partial charge on any atom is -0.490 e. The average molecular weight is 406 g/mol. The van der Waals surface area contributed by atoms with Gasteiger partial charge in [-0.25, -0.2) is 8.42 Å². The molecule has 0 fully saturated rings. The summed E-state index contributed by atoms with van der Waals surface area (Å²) in [6.07, 6.45) is 0.714. The van der Waals surface area contributed by atoms with Crippen molar-refractivity contribution in [2.75, 3.05) is 19.8 Å². The number of aryl methyl sites for hydroxylation is 2. The molecule has 1 amide bonds. The molecule has 3 rings (SSSR count). The highest BCUT2D eigenvalue weighted by Crippen LogP contribution is 2.31. The van der Waals surface area contributed by atoms with Crippen LogP contribution in [0, 0.1) is 13.8 Å². The van der Waals surface area contributed by atoms with Gasteiger partial charge < -0.3 is 14.2 Å². The van der Waals surface area contributed by atoms with E-state index >= 15 is 0 Å². The zero-order chi connectivity index (χ0) is 20.1. The summed E-state index contributed by atoms with van der Waals surface area (Å²) in [4.78, 5) is 14.0. The minimum absolute atomic E-state index is 0.0486. The summed E-state index contributed by atoms with van der Waals surface area (Å²) in [5, 5.41) is 0. The van der Waals surface area contributed by atoms with Gasteiger partial charge in [-0.1, -0.05) is 12.1 Å². The molecular weight excluding hydrogens is 384 g/mol. The van der Waals surface area contributed by atoms with Crippen LogP contribution in [0.4, 0.5) is 0 Å². The van der Waals surface area contributed by atoms with Crippen molar-refractivity contribution in [1.29, 1.82) is 0 Å². The van der Waals surface area contributed by atoms with Gasteiger partial charge in [-0.3, -0.25) is 10.2 Å². The van der Waals surface area contributed by atoms with E-state index in [0.29, 0.717) is 36.9 Å². The number of benzene rings is 2. The molecule has 2 aromatic carbocycles. The van der Waals surface area contributed by atoms with Gasteiger partial charge in [0.15, 0.2) is 18.1 Å². The fraction of sp³-hybridized carbons (Fsp3) is 0.316. The Hall–Kier alpha value is -2.78. The van der Waals surface area contributed by atoms with E-state index in [2.05, 4.69) is 10.3 Å². The molecule has 1 heterocycles. The maximum Gasteiger partial charge on any atom is 0.272 e. The Kier molecular flexibility index (Phi) is 6.05.